The molecule has 0 fully saturated rings. The molecule has 17 heavy (non-hydrogen) atoms. The lowest BCUT2D eigenvalue weighted by molar-refractivity contribution is -0.137. The van der Waals surface area contributed by atoms with E-state index in [1.165, 1.54) is 30.6 Å². The molecule has 1 N–H and O–H groups in total. The Morgan fingerprint density at radius 1 is 1.29 bits per heavy atom. The molecule has 0 radical (unpaired) electrons. The molecule has 0 aliphatic rings. The van der Waals surface area contributed by atoms with Crippen molar-refractivity contribution < 1.29 is 9.90 Å². The zero-order chi connectivity index (χ0) is 12.5. The van der Waals surface area contributed by atoms with E-state index in [9.17, 15) is 4.79 Å². The standard InChI is InChI=1S/C14H22O2S/c1-12(13-9-7-11-17-13)8-5-3-2-4-6-10-14(15)16/h7,9,11-12H,2-6,8,10H2,1H3,(H,15,16). The van der Waals surface area contributed by atoms with E-state index in [1.807, 2.05) is 11.3 Å². The largest absolute Gasteiger partial charge is 0.481 e. The molecule has 0 aliphatic carbocycles. The lowest BCUT2D eigenvalue weighted by atomic mass is 10.0. The zero-order valence-electron chi connectivity index (χ0n) is 10.5. The third-order valence-electron chi connectivity index (χ3n) is 3.06. The first-order chi connectivity index (χ1) is 8.20. The number of hydrogen-bond donors (Lipinski definition) is 1. The highest BCUT2D eigenvalue weighted by Gasteiger charge is 2.05. The van der Waals surface area contributed by atoms with Gasteiger partial charge in [-0.1, -0.05) is 38.7 Å². The molecule has 1 aromatic heterocycles. The number of thiophene rings is 1. The van der Waals surface area contributed by atoms with Crippen molar-refractivity contribution in [3.8, 4) is 0 Å². The molecule has 2 nitrogen and oxygen atoms in total. The van der Waals surface area contributed by atoms with Crippen LogP contribution in [0.1, 0.15) is 62.7 Å². The molecule has 1 heterocycles. The summed E-state index contributed by atoms with van der Waals surface area (Å²) in [5.41, 5.74) is 0. The van der Waals surface area contributed by atoms with E-state index in [1.54, 1.807) is 0 Å². The van der Waals surface area contributed by atoms with Crippen molar-refractivity contribution in [1.29, 1.82) is 0 Å². The van der Waals surface area contributed by atoms with Crippen LogP contribution in [0, 0.1) is 0 Å². The molecular formula is C14H22O2S. The summed E-state index contributed by atoms with van der Waals surface area (Å²) in [7, 11) is 0. The van der Waals surface area contributed by atoms with E-state index in [2.05, 4.69) is 24.4 Å². The van der Waals surface area contributed by atoms with Crippen LogP contribution in [0.2, 0.25) is 0 Å². The summed E-state index contributed by atoms with van der Waals surface area (Å²) in [6.45, 7) is 2.29. The van der Waals surface area contributed by atoms with Gasteiger partial charge >= 0.3 is 5.97 Å². The van der Waals surface area contributed by atoms with Gasteiger partial charge in [-0.3, -0.25) is 4.79 Å². The summed E-state index contributed by atoms with van der Waals surface area (Å²) >= 11 is 1.84. The molecule has 0 saturated carbocycles. The van der Waals surface area contributed by atoms with Crippen molar-refractivity contribution in [1.82, 2.24) is 0 Å². The van der Waals surface area contributed by atoms with Crippen LogP contribution in [0.15, 0.2) is 17.5 Å². The van der Waals surface area contributed by atoms with Gasteiger partial charge < -0.3 is 5.11 Å². The van der Waals surface area contributed by atoms with Crippen LogP contribution >= 0.6 is 11.3 Å². The van der Waals surface area contributed by atoms with Gasteiger partial charge in [-0.25, -0.2) is 0 Å². The Kier molecular flexibility index (Phi) is 6.94. The smallest absolute Gasteiger partial charge is 0.303 e. The molecule has 0 spiro atoms. The molecular weight excluding hydrogens is 232 g/mol. The van der Waals surface area contributed by atoms with Crippen LogP contribution in [0.4, 0.5) is 0 Å². The Hall–Kier alpha value is -0.830. The number of rotatable bonds is 9. The van der Waals surface area contributed by atoms with Crippen LogP contribution in [0.5, 0.6) is 0 Å². The van der Waals surface area contributed by atoms with Crippen molar-refractivity contribution in [2.45, 2.75) is 57.8 Å². The summed E-state index contributed by atoms with van der Waals surface area (Å²) in [5, 5.41) is 10.6. The van der Waals surface area contributed by atoms with Crippen molar-refractivity contribution >= 4 is 17.3 Å². The maximum absolute atomic E-state index is 10.3. The highest BCUT2D eigenvalue weighted by molar-refractivity contribution is 7.10. The fourth-order valence-corrected chi connectivity index (χ4v) is 2.79. The van der Waals surface area contributed by atoms with Gasteiger partial charge in [0.25, 0.3) is 0 Å². The number of aliphatic carboxylic acids is 1. The van der Waals surface area contributed by atoms with Crippen LogP contribution < -0.4 is 0 Å². The van der Waals surface area contributed by atoms with Crippen molar-refractivity contribution in [2.75, 3.05) is 0 Å². The van der Waals surface area contributed by atoms with Gasteiger partial charge in [0.2, 0.25) is 0 Å². The fourth-order valence-electron chi connectivity index (χ4n) is 1.97. The third-order valence-corrected chi connectivity index (χ3v) is 4.16. The Balaban J connectivity index is 1.95. The van der Waals surface area contributed by atoms with Gasteiger partial charge in [0.05, 0.1) is 0 Å². The topological polar surface area (TPSA) is 37.3 Å². The SMILES string of the molecule is CC(CCCCCCCC(=O)O)c1cccs1. The van der Waals surface area contributed by atoms with Gasteiger partial charge in [0, 0.05) is 11.3 Å². The summed E-state index contributed by atoms with van der Waals surface area (Å²) in [6.07, 6.45) is 7.12. The summed E-state index contributed by atoms with van der Waals surface area (Å²) in [6, 6.07) is 4.32. The minimum absolute atomic E-state index is 0.325. The van der Waals surface area contributed by atoms with Crippen molar-refractivity contribution in [3.63, 3.8) is 0 Å². The van der Waals surface area contributed by atoms with E-state index in [0.717, 1.165) is 12.8 Å². The Labute approximate surface area is 108 Å². The normalized spacial score (nSPS) is 12.5. The number of carboxylic acids is 1. The quantitative estimate of drug-likeness (QED) is 0.650. The van der Waals surface area contributed by atoms with Crippen molar-refractivity contribution in [2.24, 2.45) is 0 Å². The van der Waals surface area contributed by atoms with Crippen LogP contribution in [0.25, 0.3) is 0 Å². The number of hydrogen-bond acceptors (Lipinski definition) is 2. The maximum Gasteiger partial charge on any atom is 0.303 e. The van der Waals surface area contributed by atoms with E-state index >= 15 is 0 Å². The molecule has 0 aliphatic heterocycles. The summed E-state index contributed by atoms with van der Waals surface area (Å²) in [5.74, 6) is 0.00494. The number of carboxylic acid groups (broad SMARTS) is 1. The van der Waals surface area contributed by atoms with Gasteiger partial charge in [-0.05, 0) is 30.2 Å². The average molecular weight is 254 g/mol. The highest BCUT2D eigenvalue weighted by atomic mass is 32.1. The second kappa shape index (κ2) is 8.29. The molecule has 0 aromatic carbocycles. The monoisotopic (exact) mass is 254 g/mol. The van der Waals surface area contributed by atoms with Gasteiger partial charge in [0.1, 0.15) is 0 Å². The molecule has 1 aromatic rings. The minimum atomic E-state index is -0.670. The third kappa shape index (κ3) is 6.47. The fraction of sp³-hybridized carbons (Fsp3) is 0.643. The van der Waals surface area contributed by atoms with E-state index < -0.39 is 5.97 Å². The number of unbranched alkanes of at least 4 members (excludes halogenated alkanes) is 4. The first-order valence-electron chi connectivity index (χ1n) is 6.45. The molecule has 0 bridgehead atoms. The maximum atomic E-state index is 10.3. The molecule has 1 unspecified atom stereocenters. The van der Waals surface area contributed by atoms with Gasteiger partial charge in [-0.2, -0.15) is 0 Å². The van der Waals surface area contributed by atoms with Crippen LogP contribution in [-0.2, 0) is 4.79 Å². The summed E-state index contributed by atoms with van der Waals surface area (Å²) < 4.78 is 0. The summed E-state index contributed by atoms with van der Waals surface area (Å²) in [4.78, 5) is 11.8. The Morgan fingerprint density at radius 3 is 2.65 bits per heavy atom. The van der Waals surface area contributed by atoms with Crippen LogP contribution in [0.3, 0.4) is 0 Å². The highest BCUT2D eigenvalue weighted by Crippen LogP contribution is 2.25. The Bertz CT molecular complexity index is 306. The first-order valence-corrected chi connectivity index (χ1v) is 7.33. The number of carbonyl (C=O) groups is 1. The van der Waals surface area contributed by atoms with E-state index in [0.29, 0.717) is 12.3 Å². The predicted octanol–water partition coefficient (Wildman–Crippen LogP) is 4.67. The van der Waals surface area contributed by atoms with E-state index in [4.69, 9.17) is 5.11 Å². The molecule has 0 amide bonds. The van der Waals surface area contributed by atoms with Crippen LogP contribution in [-0.4, -0.2) is 11.1 Å². The molecule has 1 atom stereocenters. The van der Waals surface area contributed by atoms with Crippen molar-refractivity contribution in [3.05, 3.63) is 22.4 Å². The second-order valence-corrected chi connectivity index (χ2v) is 5.60. The van der Waals surface area contributed by atoms with E-state index in [-0.39, 0.29) is 0 Å². The molecule has 96 valence electrons. The average Bonchev–Trinajstić information content (AvgIpc) is 2.80. The lowest BCUT2D eigenvalue weighted by Gasteiger charge is -2.08. The predicted molar refractivity (Wildman–Crippen MR) is 72.7 cm³/mol. The molecule has 1 rings (SSSR count). The minimum Gasteiger partial charge on any atom is -0.481 e. The van der Waals surface area contributed by atoms with Gasteiger partial charge in [-0.15, -0.1) is 11.3 Å². The molecule has 0 saturated heterocycles. The Morgan fingerprint density at radius 2 is 2.00 bits per heavy atom. The van der Waals surface area contributed by atoms with Gasteiger partial charge in [0.15, 0.2) is 0 Å². The lowest BCUT2D eigenvalue weighted by Crippen LogP contribution is -1.94. The molecule has 3 heteroatoms. The second-order valence-electron chi connectivity index (χ2n) is 4.62. The zero-order valence-corrected chi connectivity index (χ0v) is 11.3. The first kappa shape index (κ1) is 14.2.